The molecule has 0 fully saturated rings. The van der Waals surface area contributed by atoms with E-state index in [0.717, 1.165) is 23.8 Å². The molecule has 2 rings (SSSR count). The third-order valence-corrected chi connectivity index (χ3v) is 5.48. The van der Waals surface area contributed by atoms with E-state index in [1.165, 1.54) is 6.07 Å². The van der Waals surface area contributed by atoms with Crippen LogP contribution < -0.4 is 5.32 Å². The summed E-state index contributed by atoms with van der Waals surface area (Å²) in [5.74, 6) is -0.671. The molecule has 28 heavy (non-hydrogen) atoms. The van der Waals surface area contributed by atoms with E-state index in [1.807, 2.05) is 0 Å². The monoisotopic (exact) mass is 413 g/mol. The molecule has 2 aromatic carbocycles. The van der Waals surface area contributed by atoms with Crippen molar-refractivity contribution >= 4 is 21.5 Å². The van der Waals surface area contributed by atoms with Gasteiger partial charge in [-0.2, -0.15) is 13.2 Å². The van der Waals surface area contributed by atoms with Gasteiger partial charge < -0.3 is 5.32 Å². The average Bonchev–Trinajstić information content (AvgIpc) is 2.61. The molecule has 2 aromatic rings. The normalized spacial score (nSPS) is 11.9. The average molecular weight is 413 g/mol. The molecule has 0 atom stereocenters. The molecule has 150 valence electrons. The zero-order valence-electron chi connectivity index (χ0n) is 14.9. The molecule has 0 saturated heterocycles. The molecule has 1 N–H and O–H groups in total. The number of amides is 1. The number of hydrogen-bond donors (Lipinski definition) is 1. The lowest BCUT2D eigenvalue weighted by molar-refractivity contribution is -0.118. The summed E-state index contributed by atoms with van der Waals surface area (Å²) in [6.45, 7) is 1.84. The van der Waals surface area contributed by atoms with E-state index in [9.17, 15) is 31.2 Å². The Hall–Kier alpha value is -2.68. The van der Waals surface area contributed by atoms with Gasteiger partial charge in [-0.3, -0.25) is 9.59 Å². The number of aryl methyl sites for hydroxylation is 1. The minimum Gasteiger partial charge on any atom is -0.352 e. The molecule has 0 aliphatic carbocycles. The van der Waals surface area contributed by atoms with E-state index in [2.05, 4.69) is 5.32 Å². The lowest BCUT2D eigenvalue weighted by Gasteiger charge is -2.10. The molecule has 0 saturated carbocycles. The van der Waals surface area contributed by atoms with Crippen molar-refractivity contribution in [2.45, 2.75) is 30.2 Å². The van der Waals surface area contributed by atoms with Gasteiger partial charge in [0.25, 0.3) is 15.7 Å². The van der Waals surface area contributed by atoms with Gasteiger partial charge in [0.05, 0.1) is 4.90 Å². The highest BCUT2D eigenvalue weighted by Gasteiger charge is 2.46. The number of ketones is 1. The molecule has 0 unspecified atom stereocenters. The highest BCUT2D eigenvalue weighted by molar-refractivity contribution is 7.92. The lowest BCUT2D eigenvalue weighted by atomic mass is 10.1. The number of carbonyl (C=O) groups excluding carboxylic acids is 2. The SMILES string of the molecule is Cc1ccccc1C(=O)NCCC(=O)Cc1cccc(S(=O)(=O)C(F)(F)F)c1. The van der Waals surface area contributed by atoms with E-state index in [-0.39, 0.29) is 36.6 Å². The second-order valence-electron chi connectivity index (χ2n) is 6.13. The fourth-order valence-corrected chi connectivity index (χ4v) is 3.34. The summed E-state index contributed by atoms with van der Waals surface area (Å²) in [5.41, 5.74) is -3.98. The quantitative estimate of drug-likeness (QED) is 0.756. The molecular formula is C19H18F3NO4S. The Balaban J connectivity index is 1.94. The van der Waals surface area contributed by atoms with Gasteiger partial charge in [0, 0.05) is 24.9 Å². The zero-order valence-corrected chi connectivity index (χ0v) is 15.7. The molecule has 9 heteroatoms. The van der Waals surface area contributed by atoms with Crippen LogP contribution in [0.25, 0.3) is 0 Å². The molecular weight excluding hydrogens is 395 g/mol. The van der Waals surface area contributed by atoms with Crippen molar-refractivity contribution in [3.05, 3.63) is 65.2 Å². The Morgan fingerprint density at radius 1 is 1.04 bits per heavy atom. The number of Topliss-reactive ketones (excluding diaryl/α,β-unsaturated/α-hetero) is 1. The lowest BCUT2D eigenvalue weighted by Crippen LogP contribution is -2.27. The summed E-state index contributed by atoms with van der Waals surface area (Å²) in [6, 6.07) is 11.1. The van der Waals surface area contributed by atoms with Crippen LogP contribution in [0, 0.1) is 6.92 Å². The van der Waals surface area contributed by atoms with Crippen molar-refractivity contribution in [2.75, 3.05) is 6.54 Å². The van der Waals surface area contributed by atoms with E-state index >= 15 is 0 Å². The second kappa shape index (κ2) is 8.55. The van der Waals surface area contributed by atoms with Gasteiger partial charge in [-0.15, -0.1) is 0 Å². The zero-order chi connectivity index (χ0) is 20.9. The molecule has 0 spiro atoms. The first-order chi connectivity index (χ1) is 13.0. The highest BCUT2D eigenvalue weighted by Crippen LogP contribution is 2.30. The number of halogens is 3. The van der Waals surface area contributed by atoms with Crippen LogP contribution in [0.4, 0.5) is 13.2 Å². The Bertz CT molecular complexity index is 985. The Labute approximate surface area is 160 Å². The minimum atomic E-state index is -5.47. The predicted molar refractivity (Wildman–Crippen MR) is 96.5 cm³/mol. The van der Waals surface area contributed by atoms with Crippen molar-refractivity contribution in [1.82, 2.24) is 5.32 Å². The molecule has 0 aromatic heterocycles. The van der Waals surface area contributed by atoms with Crippen LogP contribution in [-0.2, 0) is 21.1 Å². The topological polar surface area (TPSA) is 80.3 Å². The van der Waals surface area contributed by atoms with Gasteiger partial charge in [-0.25, -0.2) is 8.42 Å². The molecule has 0 aliphatic heterocycles. The van der Waals surface area contributed by atoms with E-state index in [0.29, 0.717) is 5.56 Å². The van der Waals surface area contributed by atoms with Gasteiger partial charge in [-0.1, -0.05) is 30.3 Å². The number of benzene rings is 2. The number of nitrogens with one attached hydrogen (secondary N) is 1. The second-order valence-corrected chi connectivity index (χ2v) is 8.07. The fourth-order valence-electron chi connectivity index (χ4n) is 2.51. The summed E-state index contributed by atoms with van der Waals surface area (Å²) in [4.78, 5) is 23.2. The first-order valence-electron chi connectivity index (χ1n) is 8.28. The van der Waals surface area contributed by atoms with Gasteiger partial charge in [0.15, 0.2) is 0 Å². The van der Waals surface area contributed by atoms with Crippen molar-refractivity contribution in [2.24, 2.45) is 0 Å². The largest absolute Gasteiger partial charge is 0.501 e. The van der Waals surface area contributed by atoms with Crippen LogP contribution in [0.1, 0.15) is 27.9 Å². The summed E-state index contributed by atoms with van der Waals surface area (Å²) < 4.78 is 60.8. The summed E-state index contributed by atoms with van der Waals surface area (Å²) in [6.07, 6.45) is -0.269. The van der Waals surface area contributed by atoms with Crippen molar-refractivity contribution in [3.63, 3.8) is 0 Å². The molecule has 5 nitrogen and oxygen atoms in total. The highest BCUT2D eigenvalue weighted by atomic mass is 32.2. The Morgan fingerprint density at radius 3 is 2.36 bits per heavy atom. The molecule has 1 amide bonds. The van der Waals surface area contributed by atoms with Crippen LogP contribution in [-0.4, -0.2) is 32.2 Å². The predicted octanol–water partition coefficient (Wildman–Crippen LogP) is 3.22. The standard InChI is InChI=1S/C19H18F3NO4S/c1-13-5-2-3-8-17(13)18(25)23-10-9-15(24)11-14-6-4-7-16(12-14)28(26,27)19(20,21)22/h2-8,12H,9-11H2,1H3,(H,23,25). The maximum Gasteiger partial charge on any atom is 0.501 e. The number of hydrogen-bond acceptors (Lipinski definition) is 4. The molecule has 0 aliphatic rings. The van der Waals surface area contributed by atoms with Crippen molar-refractivity contribution < 1.29 is 31.2 Å². The van der Waals surface area contributed by atoms with Gasteiger partial charge >= 0.3 is 5.51 Å². The van der Waals surface area contributed by atoms with Gasteiger partial charge in [-0.05, 0) is 36.2 Å². The number of sulfone groups is 1. The van der Waals surface area contributed by atoms with E-state index < -0.39 is 20.2 Å². The molecule has 0 heterocycles. The summed E-state index contributed by atoms with van der Waals surface area (Å²) >= 11 is 0. The smallest absolute Gasteiger partial charge is 0.352 e. The fraction of sp³-hybridized carbons (Fsp3) is 0.263. The summed E-state index contributed by atoms with van der Waals surface area (Å²) in [7, 11) is -5.47. The molecule has 0 radical (unpaired) electrons. The number of carbonyl (C=O) groups is 2. The van der Waals surface area contributed by atoms with Crippen LogP contribution in [0.3, 0.4) is 0 Å². The minimum absolute atomic E-state index is 0.0339. The number of rotatable bonds is 7. The van der Waals surface area contributed by atoms with Crippen LogP contribution in [0.2, 0.25) is 0 Å². The first-order valence-corrected chi connectivity index (χ1v) is 9.76. The third-order valence-electron chi connectivity index (χ3n) is 3.99. The molecule has 0 bridgehead atoms. The Morgan fingerprint density at radius 2 is 1.71 bits per heavy atom. The summed E-state index contributed by atoms with van der Waals surface area (Å²) in [5, 5.41) is 2.61. The van der Waals surface area contributed by atoms with Crippen molar-refractivity contribution in [3.8, 4) is 0 Å². The maximum absolute atomic E-state index is 12.6. The third kappa shape index (κ3) is 5.19. The first kappa shape index (κ1) is 21.6. The maximum atomic E-state index is 12.6. The van der Waals surface area contributed by atoms with Crippen LogP contribution >= 0.6 is 0 Å². The van der Waals surface area contributed by atoms with Gasteiger partial charge in [0.2, 0.25) is 0 Å². The van der Waals surface area contributed by atoms with Crippen molar-refractivity contribution in [1.29, 1.82) is 0 Å². The van der Waals surface area contributed by atoms with Crippen LogP contribution in [0.5, 0.6) is 0 Å². The van der Waals surface area contributed by atoms with E-state index in [1.54, 1.807) is 31.2 Å². The number of alkyl halides is 3. The van der Waals surface area contributed by atoms with Gasteiger partial charge in [0.1, 0.15) is 5.78 Å². The van der Waals surface area contributed by atoms with E-state index in [4.69, 9.17) is 0 Å². The van der Waals surface area contributed by atoms with Crippen LogP contribution in [0.15, 0.2) is 53.4 Å². The Kier molecular flexibility index (Phi) is 6.60.